The summed E-state index contributed by atoms with van der Waals surface area (Å²) in [6.07, 6.45) is 0.0795. The van der Waals surface area contributed by atoms with E-state index in [9.17, 15) is 4.57 Å². The van der Waals surface area contributed by atoms with Gasteiger partial charge in [-0.25, -0.2) is 14.5 Å². The molecule has 3 fully saturated rings. The number of nitrogens with one attached hydrogen (secondary N) is 1. The van der Waals surface area contributed by atoms with Crippen LogP contribution in [0.4, 0.5) is 5.95 Å². The molecule has 5 heterocycles. The molecule has 15 heteroatoms. The highest BCUT2D eigenvalue weighted by atomic mass is 33.1. The lowest BCUT2D eigenvalue weighted by Gasteiger charge is -2.35. The van der Waals surface area contributed by atoms with Crippen LogP contribution in [0.5, 0.6) is 0 Å². The summed E-state index contributed by atoms with van der Waals surface area (Å²) in [6, 6.07) is 9.93. The third kappa shape index (κ3) is 5.11. The van der Waals surface area contributed by atoms with Crippen molar-refractivity contribution in [3.63, 3.8) is 0 Å². The van der Waals surface area contributed by atoms with Gasteiger partial charge in [-0.2, -0.15) is 0 Å². The lowest BCUT2D eigenvalue weighted by molar-refractivity contribution is -0.0850. The minimum Gasteiger partial charge on any atom is -0.370 e. The smallest absolute Gasteiger partial charge is 0.370 e. The molecule has 3 aliphatic rings. The van der Waals surface area contributed by atoms with Crippen molar-refractivity contribution in [2.75, 3.05) is 23.8 Å². The van der Waals surface area contributed by atoms with E-state index in [-0.39, 0.29) is 18.7 Å². The number of fused-ring (bicyclic) bond motifs is 2. The van der Waals surface area contributed by atoms with E-state index in [4.69, 9.17) is 41.0 Å². The maximum atomic E-state index is 13.5. The number of ether oxygens (including phenoxy) is 2. The molecule has 0 aliphatic carbocycles. The topological polar surface area (TPSA) is 136 Å². The number of nitrogens with zero attached hydrogens (tertiary/aromatic N) is 3. The monoisotopic (exact) mass is 569 g/mol. The fourth-order valence-corrected chi connectivity index (χ4v) is 8.74. The molecule has 0 spiro atoms. The van der Waals surface area contributed by atoms with Crippen molar-refractivity contribution in [3.05, 3.63) is 46.9 Å². The zero-order valence-corrected chi connectivity index (χ0v) is 22.3. The Bertz CT molecular complexity index is 1340. The number of anilines is 1. The molecule has 0 radical (unpaired) electrons. The molecule has 1 aromatic carbocycles. The Morgan fingerprint density at radius 1 is 1.22 bits per heavy atom. The van der Waals surface area contributed by atoms with Crippen LogP contribution in [0.2, 0.25) is 0 Å². The van der Waals surface area contributed by atoms with Crippen LogP contribution in [0, 0.1) is 4.64 Å². The molecule has 36 heavy (non-hydrogen) atoms. The van der Waals surface area contributed by atoms with Gasteiger partial charge in [0.15, 0.2) is 10.6 Å². The Hall–Kier alpha value is -1.48. The van der Waals surface area contributed by atoms with Gasteiger partial charge in [0.2, 0.25) is 0 Å². The molecular formula is C21H24N5O6PS3. The van der Waals surface area contributed by atoms with E-state index >= 15 is 0 Å². The van der Waals surface area contributed by atoms with E-state index in [1.54, 1.807) is 32.5 Å². The predicted molar refractivity (Wildman–Crippen MR) is 139 cm³/mol. The zero-order chi connectivity index (χ0) is 24.7. The van der Waals surface area contributed by atoms with Gasteiger partial charge in [0, 0.05) is 17.9 Å². The van der Waals surface area contributed by atoms with Gasteiger partial charge >= 0.3 is 7.82 Å². The van der Waals surface area contributed by atoms with Gasteiger partial charge in [0.05, 0.1) is 25.6 Å². The van der Waals surface area contributed by atoms with Gasteiger partial charge < -0.3 is 20.2 Å². The number of phosphoric acid groups is 1. The number of aromatic amines is 1. The number of aromatic nitrogens is 4. The molecule has 3 aliphatic heterocycles. The summed E-state index contributed by atoms with van der Waals surface area (Å²) < 4.78 is 45.4. The average Bonchev–Trinajstić information content (AvgIpc) is 3.47. The first-order valence-corrected chi connectivity index (χ1v) is 15.7. The first-order valence-electron chi connectivity index (χ1n) is 11.4. The van der Waals surface area contributed by atoms with Crippen LogP contribution in [0.1, 0.15) is 18.2 Å². The van der Waals surface area contributed by atoms with Gasteiger partial charge in [-0.1, -0.05) is 64.1 Å². The Morgan fingerprint density at radius 2 is 2.03 bits per heavy atom. The first kappa shape index (κ1) is 24.8. The van der Waals surface area contributed by atoms with Crippen LogP contribution >= 0.6 is 41.6 Å². The Kier molecular flexibility index (Phi) is 7.14. The number of nitrogens with two attached hydrogens (primary N) is 1. The van der Waals surface area contributed by atoms with Crippen LogP contribution < -0.4 is 5.73 Å². The summed E-state index contributed by atoms with van der Waals surface area (Å²) in [5.74, 6) is 1.52. The van der Waals surface area contributed by atoms with E-state index in [1.807, 2.05) is 30.3 Å². The van der Waals surface area contributed by atoms with Gasteiger partial charge in [0.1, 0.15) is 35.7 Å². The van der Waals surface area contributed by atoms with Gasteiger partial charge in [-0.05, 0) is 5.56 Å². The zero-order valence-electron chi connectivity index (χ0n) is 18.9. The highest BCUT2D eigenvalue weighted by Gasteiger charge is 2.49. The molecule has 3 aromatic rings. The van der Waals surface area contributed by atoms with E-state index in [0.29, 0.717) is 40.3 Å². The predicted octanol–water partition coefficient (Wildman–Crippen LogP) is 4.25. The van der Waals surface area contributed by atoms with E-state index < -0.39 is 32.4 Å². The summed E-state index contributed by atoms with van der Waals surface area (Å²) in [6.45, 7) is 0.541. The minimum atomic E-state index is -3.81. The number of H-pyrrole nitrogens is 1. The second-order valence-electron chi connectivity index (χ2n) is 8.58. The Labute approximate surface area is 219 Å². The van der Waals surface area contributed by atoms with Crippen LogP contribution in [0.25, 0.3) is 11.2 Å². The van der Waals surface area contributed by atoms with Crippen molar-refractivity contribution in [2.45, 2.75) is 43.7 Å². The maximum absolute atomic E-state index is 13.5. The van der Waals surface area contributed by atoms with E-state index in [2.05, 4.69) is 15.0 Å². The summed E-state index contributed by atoms with van der Waals surface area (Å²) in [5.41, 5.74) is 8.03. The van der Waals surface area contributed by atoms with Crippen molar-refractivity contribution in [1.29, 1.82) is 0 Å². The van der Waals surface area contributed by atoms with Crippen LogP contribution in [-0.4, -0.2) is 62.0 Å². The molecule has 11 nitrogen and oxygen atoms in total. The van der Waals surface area contributed by atoms with Crippen LogP contribution in [-0.2, 0) is 34.2 Å². The SMILES string of the molecule is Nc1nc(=S)c2ncn([C@H]3C[C@@H]4OP(=O)(OC5CSSCC5OCc5ccccc5)OC[C@H]4O3)c2[nH]1. The molecule has 0 saturated carbocycles. The normalized spacial score (nSPS) is 32.5. The molecular weight excluding hydrogens is 545 g/mol. The highest BCUT2D eigenvalue weighted by Crippen LogP contribution is 2.58. The maximum Gasteiger partial charge on any atom is 0.475 e. The summed E-state index contributed by atoms with van der Waals surface area (Å²) in [5, 5.41) is 0. The van der Waals surface area contributed by atoms with E-state index in [0.717, 1.165) is 5.56 Å². The third-order valence-corrected chi connectivity index (χ3v) is 10.4. The van der Waals surface area contributed by atoms with Crippen molar-refractivity contribution in [1.82, 2.24) is 19.5 Å². The van der Waals surface area contributed by atoms with E-state index in [1.165, 1.54) is 0 Å². The number of nitrogen functional groups attached to an aromatic ring is 1. The van der Waals surface area contributed by atoms with Crippen molar-refractivity contribution < 1.29 is 27.6 Å². The number of rotatable bonds is 6. The quantitative estimate of drug-likeness (QED) is 0.250. The van der Waals surface area contributed by atoms with Crippen molar-refractivity contribution in [2.24, 2.45) is 0 Å². The summed E-state index contributed by atoms with van der Waals surface area (Å²) in [7, 11) is -0.452. The van der Waals surface area contributed by atoms with Crippen LogP contribution in [0.15, 0.2) is 36.7 Å². The number of hydrogen-bond donors (Lipinski definition) is 2. The second-order valence-corrected chi connectivity index (χ2v) is 13.1. The number of benzene rings is 1. The lowest BCUT2D eigenvalue weighted by atomic mass is 10.2. The summed E-state index contributed by atoms with van der Waals surface area (Å²) >= 11 is 5.26. The number of imidazole rings is 1. The molecule has 2 aromatic heterocycles. The third-order valence-electron chi connectivity index (χ3n) is 6.15. The first-order chi connectivity index (χ1) is 17.5. The number of hydrogen-bond acceptors (Lipinski definition) is 12. The van der Waals surface area contributed by atoms with Crippen LogP contribution in [0.3, 0.4) is 0 Å². The summed E-state index contributed by atoms with van der Waals surface area (Å²) in [4.78, 5) is 11.4. The number of phosphoric ester groups is 1. The fraction of sp³-hybridized carbons (Fsp3) is 0.476. The minimum absolute atomic E-state index is 0.0922. The fourth-order valence-electron chi connectivity index (χ4n) is 4.36. The lowest BCUT2D eigenvalue weighted by Crippen LogP contribution is -2.40. The molecule has 0 bridgehead atoms. The second kappa shape index (κ2) is 10.4. The Morgan fingerprint density at radius 3 is 2.86 bits per heavy atom. The van der Waals surface area contributed by atoms with Gasteiger partial charge in [-0.15, -0.1) is 0 Å². The highest BCUT2D eigenvalue weighted by molar-refractivity contribution is 8.76. The molecule has 6 rings (SSSR count). The molecule has 3 unspecified atom stereocenters. The molecule has 3 saturated heterocycles. The van der Waals surface area contributed by atoms with Gasteiger partial charge in [-0.3, -0.25) is 18.1 Å². The molecule has 0 amide bonds. The van der Waals surface area contributed by atoms with Crippen molar-refractivity contribution >= 4 is 58.7 Å². The van der Waals surface area contributed by atoms with Gasteiger partial charge in [0.25, 0.3) is 0 Å². The largest absolute Gasteiger partial charge is 0.475 e. The Balaban J connectivity index is 1.12. The molecule has 3 N–H and O–H groups in total. The standard InChI is InChI=1S/C21H24N5O6PS3/c22-21-24-19-18(20(34)25-21)23-11-26(19)17-6-13-14(30-17)8-29-33(27,31-13)32-16-10-36-35-9-15(16)28-7-12-4-2-1-3-5-12/h1-5,11,13-17H,6-10H2,(H3,22,24,25,34)/t13-,14+,15?,16?,17+,33?/m0/s1. The molecule has 192 valence electrons. The average molecular weight is 570 g/mol. The van der Waals surface area contributed by atoms with Crippen molar-refractivity contribution in [3.8, 4) is 0 Å². The molecule has 6 atom stereocenters.